The van der Waals surface area contributed by atoms with Crippen LogP contribution in [-0.2, 0) is 30.6 Å². The molecule has 4 aliphatic rings. The maximum atomic E-state index is 14.9. The molecule has 2 aliphatic carbocycles. The molecule has 0 spiro atoms. The van der Waals surface area contributed by atoms with Crippen LogP contribution in [0.4, 0.5) is 23.2 Å². The van der Waals surface area contributed by atoms with Gasteiger partial charge in [-0.15, -0.1) is 11.3 Å². The van der Waals surface area contributed by atoms with Crippen LogP contribution >= 0.6 is 11.3 Å². The van der Waals surface area contributed by atoms with Crippen LogP contribution in [0.5, 0.6) is 11.5 Å². The number of allylic oxidation sites excluding steroid dienone is 1. The van der Waals surface area contributed by atoms with Crippen molar-refractivity contribution in [3.05, 3.63) is 76.6 Å². The van der Waals surface area contributed by atoms with E-state index in [1.165, 1.54) is 16.2 Å². The number of carbonyl (C=O) groups is 3. The predicted octanol–water partition coefficient (Wildman–Crippen LogP) is 7.79. The molecule has 2 aliphatic heterocycles. The number of anilines is 1. The molecule has 64 heavy (non-hydrogen) atoms. The summed E-state index contributed by atoms with van der Waals surface area (Å²) in [5, 5.41) is 8.31. The molecule has 4 aromatic rings. The maximum absolute atomic E-state index is 14.9. The highest BCUT2D eigenvalue weighted by atomic mass is 32.2. The number of halogens is 4. The first kappa shape index (κ1) is 45.3. The van der Waals surface area contributed by atoms with Crippen molar-refractivity contribution in [2.24, 2.45) is 5.92 Å². The van der Waals surface area contributed by atoms with Gasteiger partial charge in [0.2, 0.25) is 21.8 Å². The molecule has 0 bridgehead atoms. The number of amides is 3. The van der Waals surface area contributed by atoms with Crippen molar-refractivity contribution in [1.29, 1.82) is 0 Å². The number of nitrogens with one attached hydrogen (secondary N) is 3. The lowest BCUT2D eigenvalue weighted by molar-refractivity contribution is -0.140. The normalized spacial score (nSPS) is 24.9. The van der Waals surface area contributed by atoms with E-state index in [9.17, 15) is 40.4 Å². The van der Waals surface area contributed by atoms with Crippen molar-refractivity contribution >= 4 is 55.7 Å². The van der Waals surface area contributed by atoms with E-state index in [4.69, 9.17) is 19.4 Å². The summed E-state index contributed by atoms with van der Waals surface area (Å²) in [7, 11) is -2.43. The molecule has 3 amide bonds. The van der Waals surface area contributed by atoms with Crippen LogP contribution in [0.3, 0.4) is 0 Å². The van der Waals surface area contributed by atoms with Gasteiger partial charge in [0.15, 0.2) is 0 Å². The van der Waals surface area contributed by atoms with E-state index in [1.54, 1.807) is 31.4 Å². The van der Waals surface area contributed by atoms with E-state index in [2.05, 4.69) is 15.4 Å². The van der Waals surface area contributed by atoms with E-state index < -0.39 is 80.2 Å². The van der Waals surface area contributed by atoms with Crippen molar-refractivity contribution < 1.29 is 49.8 Å². The summed E-state index contributed by atoms with van der Waals surface area (Å²) in [4.78, 5) is 54.6. The standard InChI is InChI=1S/C45H50F4N6O7S2/c1-24(2)35-23-63-41(52-35)34-20-38(30-15-17-37(61-4)25(3)39(30)51-34)62-28-19-36-40(56)53-44(43(58)54-64(59,60)29-13-14-29)21-26(44)10-8-6-5-7-9-11-33(42(57)55(36)22-28)50-27-12-16-32(46)31(18-27)45(47,48)49/h8,10,12,15-18,20,23-24,26,28-29,33,36,50H,5-7,9,11,13-14,19,21-22H2,1-4H3,(H,53,56)(H,54,58)/b10-8-/t26-,28+,33-,36-,44+/m0/s1. The highest BCUT2D eigenvalue weighted by molar-refractivity contribution is 7.91. The second-order valence-corrected chi connectivity index (χ2v) is 20.2. The van der Waals surface area contributed by atoms with Crippen molar-refractivity contribution in [3.63, 3.8) is 0 Å². The topological polar surface area (TPSA) is 169 Å². The van der Waals surface area contributed by atoms with Gasteiger partial charge in [-0.25, -0.2) is 22.8 Å². The first-order valence-electron chi connectivity index (χ1n) is 21.5. The van der Waals surface area contributed by atoms with Crippen LogP contribution in [0.25, 0.3) is 21.6 Å². The number of aromatic nitrogens is 2. The van der Waals surface area contributed by atoms with Crippen LogP contribution in [0.2, 0.25) is 0 Å². The number of carbonyl (C=O) groups excluding carboxylic acids is 3. The highest BCUT2D eigenvalue weighted by Crippen LogP contribution is 2.46. The molecule has 0 unspecified atom stereocenters. The molecule has 3 N–H and O–H groups in total. The lowest BCUT2D eigenvalue weighted by atomic mass is 10.0. The van der Waals surface area contributed by atoms with Gasteiger partial charge in [0.25, 0.3) is 5.91 Å². The van der Waals surface area contributed by atoms with Crippen LogP contribution < -0.4 is 24.8 Å². The van der Waals surface area contributed by atoms with Gasteiger partial charge in [-0.3, -0.25) is 19.1 Å². The summed E-state index contributed by atoms with van der Waals surface area (Å²) in [6, 6.07) is 5.35. The van der Waals surface area contributed by atoms with E-state index in [0.717, 1.165) is 17.3 Å². The van der Waals surface area contributed by atoms with Gasteiger partial charge in [-0.2, -0.15) is 13.2 Å². The largest absolute Gasteiger partial charge is 0.496 e. The molecule has 13 nitrogen and oxygen atoms in total. The van der Waals surface area contributed by atoms with Crippen LogP contribution in [-0.4, -0.2) is 83.6 Å². The third-order valence-electron chi connectivity index (χ3n) is 12.4. The van der Waals surface area contributed by atoms with Crippen LogP contribution in [0.15, 0.2) is 53.9 Å². The summed E-state index contributed by atoms with van der Waals surface area (Å²) in [6.07, 6.45) is 1.29. The maximum Gasteiger partial charge on any atom is 0.419 e. The lowest BCUT2D eigenvalue weighted by Gasteiger charge is -2.30. The van der Waals surface area contributed by atoms with E-state index in [-0.39, 0.29) is 37.4 Å². The number of aryl methyl sites for hydroxylation is 1. The Bertz CT molecular complexity index is 2620. The quantitative estimate of drug-likeness (QED) is 0.106. The fourth-order valence-corrected chi connectivity index (χ4v) is 10.8. The fraction of sp³-hybridized carbons (Fsp3) is 0.489. The second kappa shape index (κ2) is 17.6. The summed E-state index contributed by atoms with van der Waals surface area (Å²) < 4.78 is 96.3. The molecule has 4 heterocycles. The molecule has 342 valence electrons. The zero-order valence-corrected chi connectivity index (χ0v) is 37.4. The first-order valence-corrected chi connectivity index (χ1v) is 23.9. The number of thiazole rings is 1. The Morgan fingerprint density at radius 2 is 1.83 bits per heavy atom. The summed E-state index contributed by atoms with van der Waals surface area (Å²) in [5.74, 6) is -3.05. The molecule has 2 aromatic carbocycles. The van der Waals surface area contributed by atoms with Crippen LogP contribution in [0, 0.1) is 18.7 Å². The van der Waals surface area contributed by atoms with Crippen molar-refractivity contribution in [2.45, 2.75) is 120 Å². The number of methoxy groups -OCH3 is 1. The first-order chi connectivity index (χ1) is 30.4. The number of benzene rings is 2. The number of nitrogens with zero attached hydrogens (tertiary/aromatic N) is 3. The molecular weight excluding hydrogens is 877 g/mol. The Hall–Kier alpha value is -5.30. The van der Waals surface area contributed by atoms with Gasteiger partial charge >= 0.3 is 6.18 Å². The Morgan fingerprint density at radius 1 is 1.05 bits per heavy atom. The minimum absolute atomic E-state index is 0.0688. The van der Waals surface area contributed by atoms with Gasteiger partial charge < -0.3 is 25.0 Å². The minimum Gasteiger partial charge on any atom is -0.496 e. The molecule has 2 aromatic heterocycles. The molecule has 2 saturated carbocycles. The number of fused-ring (bicyclic) bond motifs is 3. The second-order valence-electron chi connectivity index (χ2n) is 17.4. The van der Waals surface area contributed by atoms with Crippen molar-refractivity contribution in [2.75, 3.05) is 19.0 Å². The third kappa shape index (κ3) is 9.28. The summed E-state index contributed by atoms with van der Waals surface area (Å²) in [6.45, 7) is 5.80. The van der Waals surface area contributed by atoms with E-state index >= 15 is 0 Å². The summed E-state index contributed by atoms with van der Waals surface area (Å²) in [5.41, 5.74) is -0.511. The average Bonchev–Trinajstić information content (AvgIpc) is 4.12. The van der Waals surface area contributed by atoms with Gasteiger partial charge in [0, 0.05) is 40.4 Å². The van der Waals surface area contributed by atoms with E-state index in [0.29, 0.717) is 83.8 Å². The average molecular weight is 927 g/mol. The van der Waals surface area contributed by atoms with Crippen molar-refractivity contribution in [3.8, 4) is 22.2 Å². The zero-order chi connectivity index (χ0) is 45.7. The SMILES string of the molecule is COc1ccc2c(O[C@@H]3C[C@H]4C(=O)N[C@]5(C(=O)NS(=O)(=O)C6CC6)C[C@@H]5/C=C\CCCCC[C@H](Nc5ccc(F)c(C(F)(F)F)c5)C(=O)N4C3)cc(-c3nc(C(C)C)cs3)nc2c1C. The molecule has 19 heteroatoms. The third-order valence-corrected chi connectivity index (χ3v) is 15.2. The van der Waals surface area contributed by atoms with Gasteiger partial charge in [0.05, 0.1) is 35.7 Å². The zero-order valence-electron chi connectivity index (χ0n) is 35.8. The number of sulfonamides is 1. The molecule has 5 atom stereocenters. The smallest absolute Gasteiger partial charge is 0.419 e. The summed E-state index contributed by atoms with van der Waals surface area (Å²) >= 11 is 1.43. The monoisotopic (exact) mass is 926 g/mol. The molecule has 0 radical (unpaired) electrons. The number of pyridine rings is 1. The lowest BCUT2D eigenvalue weighted by Crippen LogP contribution is -2.57. The molecule has 3 fully saturated rings. The number of alkyl halides is 3. The van der Waals surface area contributed by atoms with Gasteiger partial charge in [-0.05, 0) is 81.7 Å². The molecule has 8 rings (SSSR count). The van der Waals surface area contributed by atoms with Gasteiger partial charge in [0.1, 0.15) is 51.7 Å². The molecular formula is C45H50F4N6O7S2. The Labute approximate surface area is 372 Å². The van der Waals surface area contributed by atoms with E-state index in [1.807, 2.05) is 32.2 Å². The van der Waals surface area contributed by atoms with Crippen LogP contribution in [0.1, 0.15) is 94.4 Å². The number of rotatable bonds is 10. The number of hydrogen-bond donors (Lipinski definition) is 3. The Kier molecular flexibility index (Phi) is 12.4. The fourth-order valence-electron chi connectivity index (χ4n) is 8.54. The minimum atomic E-state index is -5.00. The Balaban J connectivity index is 1.16. The van der Waals surface area contributed by atoms with Crippen molar-refractivity contribution in [1.82, 2.24) is 24.9 Å². The predicted molar refractivity (Wildman–Crippen MR) is 233 cm³/mol. The molecule has 1 saturated heterocycles. The van der Waals surface area contributed by atoms with Gasteiger partial charge in [-0.1, -0.05) is 38.8 Å². The highest BCUT2D eigenvalue weighted by Gasteiger charge is 2.62. The number of ether oxygens (including phenoxy) is 2. The Morgan fingerprint density at radius 3 is 2.53 bits per heavy atom. The number of hydrogen-bond acceptors (Lipinski definition) is 11.